The van der Waals surface area contributed by atoms with Gasteiger partial charge in [-0.1, -0.05) is 17.7 Å². The molecule has 0 bridgehead atoms. The molecule has 0 aliphatic carbocycles. The number of pyridine rings is 1. The van der Waals surface area contributed by atoms with Crippen molar-refractivity contribution >= 4 is 17.2 Å². The smallest absolute Gasteiger partial charge is 0.203 e. The van der Waals surface area contributed by atoms with Gasteiger partial charge in [0.05, 0.1) is 0 Å². The minimum absolute atomic E-state index is 0.653. The van der Waals surface area contributed by atoms with Gasteiger partial charge >= 0.3 is 0 Å². The van der Waals surface area contributed by atoms with Gasteiger partial charge in [-0.25, -0.2) is 0 Å². The van der Waals surface area contributed by atoms with E-state index in [1.54, 1.807) is 10.7 Å². The molecule has 0 amide bonds. The van der Waals surface area contributed by atoms with Gasteiger partial charge in [0.15, 0.2) is 5.75 Å². The maximum Gasteiger partial charge on any atom is 0.203 e. The largest absolute Gasteiger partial charge is 0.453 e. The molecule has 1 aromatic carbocycles. The highest BCUT2D eigenvalue weighted by Crippen LogP contribution is 2.30. The van der Waals surface area contributed by atoms with Crippen LogP contribution in [0, 0.1) is 6.92 Å². The zero-order chi connectivity index (χ0) is 12.5. The molecule has 2 aromatic heterocycles. The van der Waals surface area contributed by atoms with E-state index < -0.39 is 0 Å². The van der Waals surface area contributed by atoms with E-state index in [0.29, 0.717) is 16.4 Å². The molecule has 18 heavy (non-hydrogen) atoms. The number of aromatic nitrogens is 3. The van der Waals surface area contributed by atoms with Crippen molar-refractivity contribution < 1.29 is 4.74 Å². The minimum atomic E-state index is 0.653. The number of fused-ring (bicyclic) bond motifs is 1. The lowest BCUT2D eigenvalue weighted by molar-refractivity contribution is 0.481. The summed E-state index contributed by atoms with van der Waals surface area (Å²) in [6, 6.07) is 9.30. The fraction of sp³-hybridized carbons (Fsp3) is 0.0769. The molecule has 90 valence electrons. The first-order valence-corrected chi connectivity index (χ1v) is 5.85. The molecule has 0 fully saturated rings. The highest BCUT2D eigenvalue weighted by atomic mass is 35.5. The Labute approximate surface area is 109 Å². The Hall–Kier alpha value is -2.07. The van der Waals surface area contributed by atoms with E-state index in [1.807, 2.05) is 43.5 Å². The van der Waals surface area contributed by atoms with Crippen LogP contribution >= 0.6 is 11.6 Å². The molecule has 2 heterocycles. The summed E-state index contributed by atoms with van der Waals surface area (Å²) in [5.74, 6) is 1.37. The van der Waals surface area contributed by atoms with E-state index in [0.717, 1.165) is 11.3 Å². The zero-order valence-electron chi connectivity index (χ0n) is 9.67. The van der Waals surface area contributed by atoms with E-state index in [1.165, 1.54) is 0 Å². The summed E-state index contributed by atoms with van der Waals surface area (Å²) >= 11 is 6.06. The van der Waals surface area contributed by atoms with E-state index in [-0.39, 0.29) is 0 Å². The number of halogens is 1. The molecule has 0 N–H and O–H groups in total. The van der Waals surface area contributed by atoms with Crippen molar-refractivity contribution in [3.63, 3.8) is 0 Å². The molecule has 0 aliphatic heterocycles. The van der Waals surface area contributed by atoms with Gasteiger partial charge in [0, 0.05) is 16.8 Å². The SMILES string of the molecule is Cc1c(Cl)cccc1Oc1cccn2cnnc12. The standard InChI is InChI=1S/C13H10ClN3O/c1-9-10(14)4-2-5-11(9)18-12-6-3-7-17-8-15-16-13(12)17/h2-8H,1H3. The van der Waals surface area contributed by atoms with Gasteiger partial charge in [0.25, 0.3) is 0 Å². The van der Waals surface area contributed by atoms with Gasteiger partial charge in [-0.05, 0) is 31.2 Å². The molecular weight excluding hydrogens is 250 g/mol. The third kappa shape index (κ3) is 1.80. The predicted octanol–water partition coefficient (Wildman–Crippen LogP) is 3.48. The van der Waals surface area contributed by atoms with Gasteiger partial charge < -0.3 is 4.74 Å². The number of nitrogens with zero attached hydrogens (tertiary/aromatic N) is 3. The van der Waals surface area contributed by atoms with Crippen LogP contribution in [0.5, 0.6) is 11.5 Å². The van der Waals surface area contributed by atoms with Crippen LogP contribution in [0.25, 0.3) is 5.65 Å². The number of ether oxygens (including phenoxy) is 1. The Balaban J connectivity index is 2.06. The second kappa shape index (κ2) is 4.31. The lowest BCUT2D eigenvalue weighted by atomic mass is 10.2. The first-order valence-electron chi connectivity index (χ1n) is 5.47. The molecule has 0 spiro atoms. The summed E-state index contributed by atoms with van der Waals surface area (Å²) in [7, 11) is 0. The maximum atomic E-state index is 6.06. The Morgan fingerprint density at radius 2 is 2.00 bits per heavy atom. The highest BCUT2D eigenvalue weighted by molar-refractivity contribution is 6.31. The van der Waals surface area contributed by atoms with Crippen molar-refractivity contribution in [2.75, 3.05) is 0 Å². The Morgan fingerprint density at radius 3 is 2.89 bits per heavy atom. The van der Waals surface area contributed by atoms with Crippen molar-refractivity contribution in [2.24, 2.45) is 0 Å². The van der Waals surface area contributed by atoms with Gasteiger partial charge in [-0.3, -0.25) is 4.40 Å². The fourth-order valence-electron chi connectivity index (χ4n) is 1.72. The van der Waals surface area contributed by atoms with Crippen molar-refractivity contribution in [3.8, 4) is 11.5 Å². The molecule has 0 saturated carbocycles. The number of rotatable bonds is 2. The first-order chi connectivity index (χ1) is 8.75. The van der Waals surface area contributed by atoms with Crippen LogP contribution in [0.4, 0.5) is 0 Å². The molecule has 0 unspecified atom stereocenters. The lowest BCUT2D eigenvalue weighted by Crippen LogP contribution is -1.92. The number of hydrogen-bond acceptors (Lipinski definition) is 3. The quantitative estimate of drug-likeness (QED) is 0.707. The monoisotopic (exact) mass is 259 g/mol. The number of benzene rings is 1. The third-order valence-electron chi connectivity index (χ3n) is 2.73. The number of hydrogen-bond donors (Lipinski definition) is 0. The molecule has 0 saturated heterocycles. The average molecular weight is 260 g/mol. The Bertz CT molecular complexity index is 708. The van der Waals surface area contributed by atoms with E-state index >= 15 is 0 Å². The molecule has 0 atom stereocenters. The average Bonchev–Trinajstić information content (AvgIpc) is 2.84. The van der Waals surface area contributed by atoms with Gasteiger partial charge in [-0.2, -0.15) is 0 Å². The van der Waals surface area contributed by atoms with Crippen LogP contribution in [0.2, 0.25) is 5.02 Å². The second-order valence-electron chi connectivity index (χ2n) is 3.90. The lowest BCUT2D eigenvalue weighted by Gasteiger charge is -2.09. The molecule has 3 aromatic rings. The first kappa shape index (κ1) is 11.0. The van der Waals surface area contributed by atoms with Crippen LogP contribution in [-0.4, -0.2) is 14.6 Å². The van der Waals surface area contributed by atoms with Gasteiger partial charge in [0.2, 0.25) is 5.65 Å². The summed E-state index contributed by atoms with van der Waals surface area (Å²) in [5.41, 5.74) is 1.58. The van der Waals surface area contributed by atoms with Crippen molar-refractivity contribution in [1.29, 1.82) is 0 Å². The Morgan fingerprint density at radius 1 is 1.17 bits per heavy atom. The predicted molar refractivity (Wildman–Crippen MR) is 69.3 cm³/mol. The van der Waals surface area contributed by atoms with E-state index in [4.69, 9.17) is 16.3 Å². The summed E-state index contributed by atoms with van der Waals surface area (Å²) in [4.78, 5) is 0. The van der Waals surface area contributed by atoms with Gasteiger partial charge in [0.1, 0.15) is 12.1 Å². The van der Waals surface area contributed by atoms with Crippen LogP contribution in [-0.2, 0) is 0 Å². The van der Waals surface area contributed by atoms with Crippen LogP contribution in [0.3, 0.4) is 0 Å². The molecule has 0 radical (unpaired) electrons. The van der Waals surface area contributed by atoms with Gasteiger partial charge in [-0.15, -0.1) is 10.2 Å². The van der Waals surface area contributed by atoms with E-state index in [2.05, 4.69) is 10.2 Å². The normalized spacial score (nSPS) is 10.8. The van der Waals surface area contributed by atoms with E-state index in [9.17, 15) is 0 Å². The zero-order valence-corrected chi connectivity index (χ0v) is 10.4. The fourth-order valence-corrected chi connectivity index (χ4v) is 1.89. The summed E-state index contributed by atoms with van der Waals surface area (Å²) in [6.07, 6.45) is 3.50. The van der Waals surface area contributed by atoms with Crippen LogP contribution in [0.15, 0.2) is 42.9 Å². The summed E-state index contributed by atoms with van der Waals surface area (Å²) in [6.45, 7) is 1.92. The molecule has 3 rings (SSSR count). The van der Waals surface area contributed by atoms with Crippen molar-refractivity contribution in [1.82, 2.24) is 14.6 Å². The van der Waals surface area contributed by atoms with Crippen LogP contribution < -0.4 is 4.74 Å². The summed E-state index contributed by atoms with van der Waals surface area (Å²) in [5, 5.41) is 8.55. The Kier molecular flexibility index (Phi) is 2.64. The highest BCUT2D eigenvalue weighted by Gasteiger charge is 2.08. The molecule has 0 aliphatic rings. The molecule has 4 nitrogen and oxygen atoms in total. The molecular formula is C13H10ClN3O. The topological polar surface area (TPSA) is 39.4 Å². The molecule has 5 heteroatoms. The third-order valence-corrected chi connectivity index (χ3v) is 3.14. The minimum Gasteiger partial charge on any atom is -0.453 e. The van der Waals surface area contributed by atoms with Crippen molar-refractivity contribution in [2.45, 2.75) is 6.92 Å². The van der Waals surface area contributed by atoms with Crippen molar-refractivity contribution in [3.05, 3.63) is 53.4 Å². The van der Waals surface area contributed by atoms with Crippen LogP contribution in [0.1, 0.15) is 5.56 Å². The maximum absolute atomic E-state index is 6.06. The second-order valence-corrected chi connectivity index (χ2v) is 4.31. The summed E-state index contributed by atoms with van der Waals surface area (Å²) < 4.78 is 7.65.